The van der Waals surface area contributed by atoms with E-state index in [9.17, 15) is 9.59 Å². The Morgan fingerprint density at radius 3 is 1.78 bits per heavy atom. The van der Waals surface area contributed by atoms with Crippen LogP contribution >= 0.6 is 0 Å². The first-order chi connectivity index (χ1) is 3.55. The molecule has 1 atom stereocenters. The van der Waals surface area contributed by atoms with Gasteiger partial charge in [-0.05, 0) is 13.8 Å². The van der Waals surface area contributed by atoms with Crippen LogP contribution in [0.3, 0.4) is 0 Å². The summed E-state index contributed by atoms with van der Waals surface area (Å²) in [6, 6.07) is 0. The van der Waals surface area contributed by atoms with Crippen molar-refractivity contribution >= 4 is 41.3 Å². The number of carboxylic acid groups (broad SMARTS) is 1. The van der Waals surface area contributed by atoms with Crippen LogP contribution in [0.4, 0.5) is 0 Å². The summed E-state index contributed by atoms with van der Waals surface area (Å²) in [6.07, 6.45) is 0. The molecule has 0 radical (unpaired) electrons. The first-order valence-corrected chi connectivity index (χ1v) is 2.29. The molecule has 48 valence electrons. The number of aliphatic carboxylic acids is 1. The SMILES string of the molecule is CC(=O)C(C)C(=O)O.[NaH]. The summed E-state index contributed by atoms with van der Waals surface area (Å²) in [7, 11) is 0. The topological polar surface area (TPSA) is 54.4 Å². The molecule has 1 unspecified atom stereocenters. The molecule has 0 aromatic heterocycles. The number of rotatable bonds is 2. The first kappa shape index (κ1) is 11.9. The van der Waals surface area contributed by atoms with Gasteiger partial charge in [-0.25, -0.2) is 0 Å². The van der Waals surface area contributed by atoms with Crippen molar-refractivity contribution in [3.8, 4) is 0 Å². The first-order valence-electron chi connectivity index (χ1n) is 2.29. The van der Waals surface area contributed by atoms with Crippen LogP contribution in [0.25, 0.3) is 0 Å². The van der Waals surface area contributed by atoms with Crippen molar-refractivity contribution in [1.29, 1.82) is 0 Å². The predicted octanol–water partition coefficient (Wildman–Crippen LogP) is -0.352. The van der Waals surface area contributed by atoms with Gasteiger partial charge in [-0.15, -0.1) is 0 Å². The van der Waals surface area contributed by atoms with Crippen LogP contribution in [0.1, 0.15) is 13.8 Å². The zero-order chi connectivity index (χ0) is 6.73. The van der Waals surface area contributed by atoms with Crippen LogP contribution in [0.5, 0.6) is 0 Å². The number of Topliss-reactive ketones (excluding diaryl/α,β-unsaturated/α-hetero) is 1. The minimum absolute atomic E-state index is 0. The number of carbonyl (C=O) groups is 2. The quantitative estimate of drug-likeness (QED) is 0.421. The molecule has 4 heteroatoms. The molecule has 0 fully saturated rings. The van der Waals surface area contributed by atoms with Gasteiger partial charge < -0.3 is 5.11 Å². The van der Waals surface area contributed by atoms with E-state index in [2.05, 4.69) is 0 Å². The van der Waals surface area contributed by atoms with Gasteiger partial charge in [0, 0.05) is 0 Å². The summed E-state index contributed by atoms with van der Waals surface area (Å²) in [6.45, 7) is 2.63. The van der Waals surface area contributed by atoms with Crippen LogP contribution in [0, 0.1) is 5.92 Å². The number of hydrogen-bond acceptors (Lipinski definition) is 2. The Morgan fingerprint density at radius 1 is 1.44 bits per heavy atom. The van der Waals surface area contributed by atoms with Crippen molar-refractivity contribution in [1.82, 2.24) is 0 Å². The Hall–Kier alpha value is 0.140. The van der Waals surface area contributed by atoms with E-state index in [1.807, 2.05) is 0 Å². The second kappa shape index (κ2) is 4.97. The van der Waals surface area contributed by atoms with Gasteiger partial charge in [0.05, 0.1) is 0 Å². The molecule has 0 aromatic rings. The Bertz CT molecular complexity index is 107. The van der Waals surface area contributed by atoms with Gasteiger partial charge >= 0.3 is 35.5 Å². The minimum atomic E-state index is -1.06. The van der Waals surface area contributed by atoms with Crippen molar-refractivity contribution in [2.24, 2.45) is 5.92 Å². The van der Waals surface area contributed by atoms with E-state index in [0.717, 1.165) is 0 Å². The molecule has 1 N–H and O–H groups in total. The molecule has 9 heavy (non-hydrogen) atoms. The molecule has 0 rings (SSSR count). The van der Waals surface area contributed by atoms with Crippen LogP contribution in [0.2, 0.25) is 0 Å². The van der Waals surface area contributed by atoms with E-state index in [1.54, 1.807) is 0 Å². The van der Waals surface area contributed by atoms with Crippen LogP contribution in [-0.4, -0.2) is 46.4 Å². The normalized spacial score (nSPS) is 11.3. The third-order valence-corrected chi connectivity index (χ3v) is 0.980. The van der Waals surface area contributed by atoms with Crippen molar-refractivity contribution in [2.45, 2.75) is 13.8 Å². The van der Waals surface area contributed by atoms with Crippen LogP contribution < -0.4 is 0 Å². The monoisotopic (exact) mass is 140 g/mol. The van der Waals surface area contributed by atoms with Gasteiger partial charge in [-0.1, -0.05) is 0 Å². The summed E-state index contributed by atoms with van der Waals surface area (Å²) < 4.78 is 0. The molecular formula is C5H9NaO3. The third-order valence-electron chi connectivity index (χ3n) is 0.980. The zero-order valence-electron chi connectivity index (χ0n) is 4.84. The molecule has 0 saturated heterocycles. The maximum absolute atomic E-state index is 10.2. The molecule has 0 aliphatic carbocycles. The molecule has 0 aliphatic heterocycles. The third kappa shape index (κ3) is 4.63. The molecule has 0 bridgehead atoms. The summed E-state index contributed by atoms with van der Waals surface area (Å²) in [5.74, 6) is -2.22. The fourth-order valence-corrected chi connectivity index (χ4v) is 0.174. The van der Waals surface area contributed by atoms with Crippen molar-refractivity contribution in [3.63, 3.8) is 0 Å². The fourth-order valence-electron chi connectivity index (χ4n) is 0.174. The van der Waals surface area contributed by atoms with Crippen molar-refractivity contribution < 1.29 is 14.7 Å². The Kier molecular flexibility index (Phi) is 6.56. The van der Waals surface area contributed by atoms with E-state index in [1.165, 1.54) is 13.8 Å². The van der Waals surface area contributed by atoms with Crippen LogP contribution in [0.15, 0.2) is 0 Å². The standard InChI is InChI=1S/C5H8O3.Na.H/c1-3(4(2)6)5(7)8;;/h3H,1-2H3,(H,7,8);;. The number of carboxylic acids is 1. The zero-order valence-corrected chi connectivity index (χ0v) is 4.84. The predicted molar refractivity (Wildman–Crippen MR) is 34.6 cm³/mol. The molecule has 0 heterocycles. The number of carbonyl (C=O) groups excluding carboxylic acids is 1. The Morgan fingerprint density at radius 2 is 1.78 bits per heavy atom. The van der Waals surface area contributed by atoms with Crippen LogP contribution in [-0.2, 0) is 9.59 Å². The van der Waals surface area contributed by atoms with Crippen molar-refractivity contribution in [3.05, 3.63) is 0 Å². The molecular weight excluding hydrogens is 131 g/mol. The van der Waals surface area contributed by atoms with E-state index < -0.39 is 11.9 Å². The van der Waals surface area contributed by atoms with Crippen molar-refractivity contribution in [2.75, 3.05) is 0 Å². The van der Waals surface area contributed by atoms with Gasteiger partial charge in [-0.2, -0.15) is 0 Å². The summed E-state index contributed by atoms with van der Waals surface area (Å²) in [5, 5.41) is 8.13. The fraction of sp³-hybridized carbons (Fsp3) is 0.600. The average molecular weight is 140 g/mol. The maximum atomic E-state index is 10.2. The second-order valence-electron chi connectivity index (χ2n) is 1.67. The molecule has 0 saturated carbocycles. The number of ketones is 1. The Labute approximate surface area is 75.7 Å². The van der Waals surface area contributed by atoms with E-state index in [4.69, 9.17) is 5.11 Å². The molecule has 0 aliphatic rings. The van der Waals surface area contributed by atoms with Gasteiger partial charge in [0.25, 0.3) is 0 Å². The Balaban J connectivity index is 0. The van der Waals surface area contributed by atoms with Gasteiger partial charge in [0.1, 0.15) is 11.7 Å². The number of hydrogen-bond donors (Lipinski definition) is 1. The second-order valence-corrected chi connectivity index (χ2v) is 1.67. The average Bonchev–Trinajstić information content (AvgIpc) is 1.64. The molecule has 0 amide bonds. The summed E-state index contributed by atoms with van der Waals surface area (Å²) >= 11 is 0. The van der Waals surface area contributed by atoms with E-state index in [0.29, 0.717) is 0 Å². The molecule has 3 nitrogen and oxygen atoms in total. The summed E-state index contributed by atoms with van der Waals surface area (Å²) in [4.78, 5) is 20.1. The van der Waals surface area contributed by atoms with Gasteiger partial charge in [0.2, 0.25) is 0 Å². The van der Waals surface area contributed by atoms with E-state index >= 15 is 0 Å². The van der Waals surface area contributed by atoms with Gasteiger partial charge in [-0.3, -0.25) is 9.59 Å². The summed E-state index contributed by atoms with van der Waals surface area (Å²) in [5.41, 5.74) is 0. The molecule has 0 aromatic carbocycles. The van der Waals surface area contributed by atoms with E-state index in [-0.39, 0.29) is 35.3 Å². The molecule has 0 spiro atoms. The van der Waals surface area contributed by atoms with Gasteiger partial charge in [0.15, 0.2) is 0 Å².